The van der Waals surface area contributed by atoms with E-state index in [1.807, 2.05) is 19.1 Å². The van der Waals surface area contributed by atoms with Crippen LogP contribution in [0.3, 0.4) is 0 Å². The van der Waals surface area contributed by atoms with Gasteiger partial charge in [-0.1, -0.05) is 35.2 Å². The van der Waals surface area contributed by atoms with Gasteiger partial charge in [0.05, 0.1) is 5.75 Å². The molecule has 1 heterocycles. The Kier molecular flexibility index (Phi) is 3.75. The number of anilines is 1. The number of hydrogen-bond acceptors (Lipinski definition) is 6. The van der Waals surface area contributed by atoms with Crippen LogP contribution in [0.1, 0.15) is 15.4 Å². The molecule has 2 rings (SSSR count). The number of aromatic nitrogens is 2. The van der Waals surface area contributed by atoms with Crippen molar-refractivity contribution in [2.75, 3.05) is 11.5 Å². The molecule has 0 saturated heterocycles. The molecular formula is C11H11N3OS2. The molecule has 0 atom stereocenters. The van der Waals surface area contributed by atoms with E-state index >= 15 is 0 Å². The fourth-order valence-corrected chi connectivity index (χ4v) is 2.99. The van der Waals surface area contributed by atoms with E-state index in [1.165, 1.54) is 23.1 Å². The minimum atomic E-state index is 0.0148. The molecule has 0 aliphatic carbocycles. The van der Waals surface area contributed by atoms with E-state index in [1.54, 1.807) is 12.1 Å². The zero-order chi connectivity index (χ0) is 12.3. The van der Waals surface area contributed by atoms with Gasteiger partial charge in [0.1, 0.15) is 5.01 Å². The van der Waals surface area contributed by atoms with Crippen molar-refractivity contribution >= 4 is 34.6 Å². The number of nitrogen functional groups attached to an aromatic ring is 1. The van der Waals surface area contributed by atoms with Gasteiger partial charge in [-0.05, 0) is 19.1 Å². The predicted octanol–water partition coefficient (Wildman–Crippen LogP) is 2.40. The second-order valence-electron chi connectivity index (χ2n) is 3.39. The van der Waals surface area contributed by atoms with Gasteiger partial charge >= 0.3 is 0 Å². The van der Waals surface area contributed by atoms with Crippen molar-refractivity contribution in [1.29, 1.82) is 0 Å². The molecule has 0 bridgehead atoms. The lowest BCUT2D eigenvalue weighted by molar-refractivity contribution is 0.102. The molecule has 4 nitrogen and oxygen atoms in total. The van der Waals surface area contributed by atoms with Crippen LogP contribution in [0.4, 0.5) is 5.69 Å². The lowest BCUT2D eigenvalue weighted by Gasteiger charge is -2.02. The van der Waals surface area contributed by atoms with Crippen LogP contribution in [0.15, 0.2) is 28.6 Å². The zero-order valence-electron chi connectivity index (χ0n) is 9.21. The molecule has 0 saturated carbocycles. The summed E-state index contributed by atoms with van der Waals surface area (Å²) < 4.78 is 0.811. The number of rotatable bonds is 4. The first kappa shape index (κ1) is 12.1. The van der Waals surface area contributed by atoms with Crippen LogP contribution >= 0.6 is 23.1 Å². The minimum absolute atomic E-state index is 0.0148. The van der Waals surface area contributed by atoms with E-state index in [0.29, 0.717) is 17.0 Å². The number of carbonyl (C=O) groups excluding carboxylic acids is 1. The maximum Gasteiger partial charge on any atom is 0.175 e. The van der Waals surface area contributed by atoms with Crippen molar-refractivity contribution in [3.8, 4) is 0 Å². The minimum Gasteiger partial charge on any atom is -0.398 e. The van der Waals surface area contributed by atoms with Crippen LogP contribution in [0.2, 0.25) is 0 Å². The smallest absolute Gasteiger partial charge is 0.175 e. The van der Waals surface area contributed by atoms with Crippen molar-refractivity contribution in [3.63, 3.8) is 0 Å². The Bertz CT molecular complexity index is 539. The molecule has 1 aromatic carbocycles. The maximum absolute atomic E-state index is 11.9. The fraction of sp³-hybridized carbons (Fsp3) is 0.182. The number of aryl methyl sites for hydroxylation is 1. The molecule has 0 unspecified atom stereocenters. The summed E-state index contributed by atoms with van der Waals surface area (Å²) >= 11 is 2.88. The number of nitrogens with zero attached hydrogens (tertiary/aromatic N) is 2. The predicted molar refractivity (Wildman–Crippen MR) is 70.6 cm³/mol. The number of Topliss-reactive ketones (excluding diaryl/α,β-unsaturated/α-hetero) is 1. The van der Waals surface area contributed by atoms with Crippen molar-refractivity contribution in [2.45, 2.75) is 11.3 Å². The largest absolute Gasteiger partial charge is 0.398 e. The Balaban J connectivity index is 2.01. The van der Waals surface area contributed by atoms with Gasteiger partial charge in [0, 0.05) is 11.3 Å². The topological polar surface area (TPSA) is 68.9 Å². The van der Waals surface area contributed by atoms with Gasteiger partial charge in [-0.2, -0.15) is 0 Å². The van der Waals surface area contributed by atoms with E-state index in [9.17, 15) is 4.79 Å². The first-order chi connectivity index (χ1) is 8.16. The van der Waals surface area contributed by atoms with Gasteiger partial charge in [-0.15, -0.1) is 10.2 Å². The summed E-state index contributed by atoms with van der Waals surface area (Å²) in [6.45, 7) is 1.89. The molecular weight excluding hydrogens is 254 g/mol. The third kappa shape index (κ3) is 3.04. The highest BCUT2D eigenvalue weighted by molar-refractivity contribution is 8.01. The number of nitrogens with two attached hydrogens (primary N) is 1. The molecule has 0 aliphatic rings. The summed E-state index contributed by atoms with van der Waals surface area (Å²) in [5, 5.41) is 8.75. The van der Waals surface area contributed by atoms with Crippen molar-refractivity contribution in [2.24, 2.45) is 0 Å². The molecule has 88 valence electrons. The highest BCUT2D eigenvalue weighted by atomic mass is 32.2. The normalized spacial score (nSPS) is 10.4. The van der Waals surface area contributed by atoms with Gasteiger partial charge in [0.2, 0.25) is 0 Å². The standard InChI is InChI=1S/C11H11N3OS2/c1-7-13-14-11(17-7)16-6-10(15)8-4-2-3-5-9(8)12/h2-5H,6,12H2,1H3. The zero-order valence-corrected chi connectivity index (χ0v) is 10.8. The van der Waals surface area contributed by atoms with Crippen molar-refractivity contribution < 1.29 is 4.79 Å². The van der Waals surface area contributed by atoms with Gasteiger partial charge in [-0.25, -0.2) is 0 Å². The second kappa shape index (κ2) is 5.29. The average Bonchev–Trinajstić information content (AvgIpc) is 2.73. The van der Waals surface area contributed by atoms with E-state index in [4.69, 9.17) is 5.73 Å². The molecule has 2 aromatic rings. The van der Waals surface area contributed by atoms with Gasteiger partial charge in [0.25, 0.3) is 0 Å². The third-order valence-electron chi connectivity index (χ3n) is 2.10. The average molecular weight is 265 g/mol. The molecule has 1 aromatic heterocycles. The van der Waals surface area contributed by atoms with Crippen LogP contribution in [0, 0.1) is 6.92 Å². The summed E-state index contributed by atoms with van der Waals surface area (Å²) in [7, 11) is 0. The number of hydrogen-bond donors (Lipinski definition) is 1. The number of carbonyl (C=O) groups is 1. The van der Waals surface area contributed by atoms with Crippen molar-refractivity contribution in [3.05, 3.63) is 34.8 Å². The van der Waals surface area contributed by atoms with Crippen LogP contribution in [0.5, 0.6) is 0 Å². The lowest BCUT2D eigenvalue weighted by Crippen LogP contribution is -2.05. The highest BCUT2D eigenvalue weighted by Crippen LogP contribution is 2.23. The number of benzene rings is 1. The quantitative estimate of drug-likeness (QED) is 0.522. The van der Waals surface area contributed by atoms with Crippen LogP contribution in [-0.2, 0) is 0 Å². The first-order valence-electron chi connectivity index (χ1n) is 4.97. The van der Waals surface area contributed by atoms with Crippen LogP contribution < -0.4 is 5.73 Å². The highest BCUT2D eigenvalue weighted by Gasteiger charge is 2.11. The number of ketones is 1. The molecule has 0 fully saturated rings. The molecule has 0 aliphatic heterocycles. The van der Waals surface area contributed by atoms with Crippen LogP contribution in [-0.4, -0.2) is 21.7 Å². The second-order valence-corrected chi connectivity index (χ2v) is 5.79. The molecule has 17 heavy (non-hydrogen) atoms. The van der Waals surface area contributed by atoms with E-state index in [0.717, 1.165) is 9.35 Å². The summed E-state index contributed by atoms with van der Waals surface area (Å²) in [5.74, 6) is 0.351. The maximum atomic E-state index is 11.9. The molecule has 2 N–H and O–H groups in total. The Morgan fingerprint density at radius 1 is 1.41 bits per heavy atom. The van der Waals surface area contributed by atoms with E-state index in [-0.39, 0.29) is 5.78 Å². The van der Waals surface area contributed by atoms with Gasteiger partial charge in [-0.3, -0.25) is 4.79 Å². The van der Waals surface area contributed by atoms with Gasteiger partial charge < -0.3 is 5.73 Å². The lowest BCUT2D eigenvalue weighted by atomic mass is 10.1. The Morgan fingerprint density at radius 2 is 2.18 bits per heavy atom. The SMILES string of the molecule is Cc1nnc(SCC(=O)c2ccccc2N)s1. The summed E-state index contributed by atoms with van der Waals surface area (Å²) in [4.78, 5) is 11.9. The van der Waals surface area contributed by atoms with E-state index < -0.39 is 0 Å². The molecule has 6 heteroatoms. The summed E-state index contributed by atoms with van der Waals surface area (Å²) in [6, 6.07) is 7.09. The Morgan fingerprint density at radius 3 is 2.82 bits per heavy atom. The van der Waals surface area contributed by atoms with Gasteiger partial charge in [0.15, 0.2) is 10.1 Å². The fourth-order valence-electron chi connectivity index (χ4n) is 1.29. The molecule has 0 spiro atoms. The third-order valence-corrected chi connectivity index (χ3v) is 4.07. The Hall–Kier alpha value is -1.40. The van der Waals surface area contributed by atoms with Crippen molar-refractivity contribution in [1.82, 2.24) is 10.2 Å². The monoisotopic (exact) mass is 265 g/mol. The number of thioether (sulfide) groups is 1. The summed E-state index contributed by atoms with van der Waals surface area (Å²) in [6.07, 6.45) is 0. The Labute approximate surface area is 107 Å². The first-order valence-corrected chi connectivity index (χ1v) is 6.77. The van der Waals surface area contributed by atoms with E-state index in [2.05, 4.69) is 10.2 Å². The summed E-state index contributed by atoms with van der Waals surface area (Å²) in [5.41, 5.74) is 6.83. The number of para-hydroxylation sites is 1. The van der Waals surface area contributed by atoms with Crippen LogP contribution in [0.25, 0.3) is 0 Å². The molecule has 0 amide bonds. The molecule has 0 radical (unpaired) electrons.